The summed E-state index contributed by atoms with van der Waals surface area (Å²) in [5, 5.41) is 0.657. The van der Waals surface area contributed by atoms with E-state index in [9.17, 15) is 8.42 Å². The number of halogens is 1. The fourth-order valence-electron chi connectivity index (χ4n) is 1.91. The van der Waals surface area contributed by atoms with Gasteiger partial charge in [0.05, 0.1) is 18.5 Å². The highest BCUT2D eigenvalue weighted by Gasteiger charge is 2.28. The topological polar surface area (TPSA) is 46.6 Å². The second-order valence-corrected chi connectivity index (χ2v) is 6.86. The summed E-state index contributed by atoms with van der Waals surface area (Å²) in [5.74, 6) is 0.0584. The largest absolute Gasteiger partial charge is 0.375 e. The summed E-state index contributed by atoms with van der Waals surface area (Å²) in [6.45, 7) is 1.34. The van der Waals surface area contributed by atoms with E-state index in [1.165, 1.54) is 4.31 Å². The number of sulfonamides is 1. The zero-order valence-electron chi connectivity index (χ0n) is 9.96. The molecule has 1 fully saturated rings. The van der Waals surface area contributed by atoms with Crippen molar-refractivity contribution in [3.8, 4) is 0 Å². The van der Waals surface area contributed by atoms with Gasteiger partial charge in [-0.15, -0.1) is 0 Å². The Morgan fingerprint density at radius 2 is 2.06 bits per heavy atom. The minimum atomic E-state index is -3.25. The third-order valence-corrected chi connectivity index (χ3v) is 5.40. The van der Waals surface area contributed by atoms with Crippen molar-refractivity contribution in [2.24, 2.45) is 0 Å². The van der Waals surface area contributed by atoms with Crippen LogP contribution in [-0.2, 0) is 20.5 Å². The fraction of sp³-hybridized carbons (Fsp3) is 0.500. The summed E-state index contributed by atoms with van der Waals surface area (Å²) in [4.78, 5) is 0. The summed E-state index contributed by atoms with van der Waals surface area (Å²) < 4.78 is 31.5. The van der Waals surface area contributed by atoms with Gasteiger partial charge in [-0.05, 0) is 5.56 Å². The van der Waals surface area contributed by atoms with Gasteiger partial charge in [-0.3, -0.25) is 0 Å². The summed E-state index contributed by atoms with van der Waals surface area (Å²) >= 11 is 3.33. The van der Waals surface area contributed by atoms with Gasteiger partial charge in [0.2, 0.25) is 10.0 Å². The number of benzene rings is 1. The van der Waals surface area contributed by atoms with E-state index >= 15 is 0 Å². The molecule has 1 saturated heterocycles. The van der Waals surface area contributed by atoms with Crippen molar-refractivity contribution >= 4 is 26.0 Å². The monoisotopic (exact) mass is 333 g/mol. The third kappa shape index (κ3) is 3.54. The van der Waals surface area contributed by atoms with Crippen molar-refractivity contribution in [1.82, 2.24) is 4.31 Å². The van der Waals surface area contributed by atoms with Gasteiger partial charge in [0, 0.05) is 18.4 Å². The molecule has 1 aliphatic heterocycles. The van der Waals surface area contributed by atoms with Crippen LogP contribution in [0.5, 0.6) is 0 Å². The van der Waals surface area contributed by atoms with Crippen molar-refractivity contribution in [1.29, 1.82) is 0 Å². The second kappa shape index (κ2) is 6.14. The van der Waals surface area contributed by atoms with E-state index in [1.54, 1.807) is 0 Å². The lowest BCUT2D eigenvalue weighted by molar-refractivity contribution is 0.0136. The number of rotatable bonds is 4. The maximum absolute atomic E-state index is 12.3. The van der Waals surface area contributed by atoms with Crippen LogP contribution in [0.4, 0.5) is 0 Å². The zero-order chi connectivity index (χ0) is 13.0. The Balaban J connectivity index is 2.06. The predicted molar refractivity (Wildman–Crippen MR) is 74.2 cm³/mol. The van der Waals surface area contributed by atoms with Crippen LogP contribution < -0.4 is 0 Å². The molecular weight excluding hydrogens is 318 g/mol. The van der Waals surface area contributed by atoms with Crippen LogP contribution in [0.3, 0.4) is 0 Å². The lowest BCUT2D eigenvalue weighted by Gasteiger charge is -2.31. The molecule has 18 heavy (non-hydrogen) atoms. The molecule has 0 bridgehead atoms. The number of nitrogens with zero attached hydrogens (tertiary/aromatic N) is 1. The maximum Gasteiger partial charge on any atom is 0.218 e. The van der Waals surface area contributed by atoms with Crippen LogP contribution in [0.1, 0.15) is 5.56 Å². The van der Waals surface area contributed by atoms with E-state index in [-0.39, 0.29) is 11.9 Å². The molecule has 1 aliphatic rings. The van der Waals surface area contributed by atoms with E-state index in [0.29, 0.717) is 25.0 Å². The smallest absolute Gasteiger partial charge is 0.218 e. The van der Waals surface area contributed by atoms with Gasteiger partial charge in [-0.25, -0.2) is 8.42 Å². The van der Waals surface area contributed by atoms with Crippen LogP contribution in [0, 0.1) is 0 Å². The fourth-order valence-corrected chi connectivity index (χ4v) is 3.85. The summed E-state index contributed by atoms with van der Waals surface area (Å²) in [6, 6.07) is 9.25. The van der Waals surface area contributed by atoms with Gasteiger partial charge in [-0.1, -0.05) is 46.3 Å². The van der Waals surface area contributed by atoms with E-state index in [2.05, 4.69) is 15.9 Å². The Hall–Kier alpha value is -0.430. The first-order valence-corrected chi connectivity index (χ1v) is 8.54. The quantitative estimate of drug-likeness (QED) is 0.786. The van der Waals surface area contributed by atoms with E-state index in [1.807, 2.05) is 30.3 Å². The molecule has 0 spiro atoms. The number of hydrogen-bond acceptors (Lipinski definition) is 3. The standard InChI is InChI=1S/C12H16BrNO3S/c13-8-12-9-14(6-7-17-12)18(15,16)10-11-4-2-1-3-5-11/h1-5,12H,6-10H2. The van der Waals surface area contributed by atoms with Crippen LogP contribution in [-0.4, -0.2) is 43.9 Å². The molecule has 1 heterocycles. The highest BCUT2D eigenvalue weighted by atomic mass is 79.9. The molecule has 100 valence electrons. The molecule has 0 aliphatic carbocycles. The maximum atomic E-state index is 12.3. The lowest BCUT2D eigenvalue weighted by Crippen LogP contribution is -2.46. The van der Waals surface area contributed by atoms with Crippen LogP contribution in [0.25, 0.3) is 0 Å². The Kier molecular flexibility index (Phi) is 4.77. The highest BCUT2D eigenvalue weighted by Crippen LogP contribution is 2.15. The SMILES string of the molecule is O=S(=O)(Cc1ccccc1)N1CCOC(CBr)C1. The molecule has 1 atom stereocenters. The molecule has 0 radical (unpaired) electrons. The Labute approximate surface area is 116 Å². The normalized spacial score (nSPS) is 21.9. The molecule has 0 saturated carbocycles. The number of ether oxygens (including phenoxy) is 1. The van der Waals surface area contributed by atoms with Gasteiger partial charge in [0.25, 0.3) is 0 Å². The summed E-state index contributed by atoms with van der Waals surface area (Å²) in [5.41, 5.74) is 0.819. The minimum Gasteiger partial charge on any atom is -0.375 e. The number of morpholine rings is 1. The van der Waals surface area contributed by atoms with Crippen molar-refractivity contribution in [3.05, 3.63) is 35.9 Å². The molecule has 6 heteroatoms. The zero-order valence-corrected chi connectivity index (χ0v) is 12.4. The first-order chi connectivity index (χ1) is 8.62. The summed E-state index contributed by atoms with van der Waals surface area (Å²) in [7, 11) is -3.25. The molecule has 0 amide bonds. The van der Waals surface area contributed by atoms with Crippen LogP contribution in [0.2, 0.25) is 0 Å². The van der Waals surface area contributed by atoms with E-state index in [0.717, 1.165) is 5.56 Å². The molecule has 1 unspecified atom stereocenters. The molecule has 4 nitrogen and oxygen atoms in total. The first-order valence-electron chi connectivity index (χ1n) is 5.81. The Morgan fingerprint density at radius 1 is 1.33 bits per heavy atom. The van der Waals surface area contributed by atoms with Gasteiger partial charge >= 0.3 is 0 Å². The molecule has 0 aromatic heterocycles. The van der Waals surface area contributed by atoms with Crippen molar-refractivity contribution in [2.75, 3.05) is 25.0 Å². The molecule has 1 aromatic rings. The van der Waals surface area contributed by atoms with Gasteiger partial charge < -0.3 is 4.74 Å². The molecular formula is C12H16BrNO3S. The Bertz CT molecular complexity index is 477. The van der Waals surface area contributed by atoms with Crippen LogP contribution >= 0.6 is 15.9 Å². The lowest BCUT2D eigenvalue weighted by atomic mass is 10.2. The second-order valence-electron chi connectivity index (χ2n) is 4.25. The minimum absolute atomic E-state index is 0.0516. The Morgan fingerprint density at radius 3 is 2.72 bits per heavy atom. The van der Waals surface area contributed by atoms with Gasteiger partial charge in [-0.2, -0.15) is 4.31 Å². The average Bonchev–Trinajstić information content (AvgIpc) is 2.39. The van der Waals surface area contributed by atoms with Crippen molar-refractivity contribution < 1.29 is 13.2 Å². The predicted octanol–water partition coefficient (Wildman–Crippen LogP) is 1.61. The number of alkyl halides is 1. The molecule has 2 rings (SSSR count). The van der Waals surface area contributed by atoms with Gasteiger partial charge in [0.1, 0.15) is 0 Å². The van der Waals surface area contributed by atoms with E-state index in [4.69, 9.17) is 4.74 Å². The van der Waals surface area contributed by atoms with Crippen molar-refractivity contribution in [2.45, 2.75) is 11.9 Å². The van der Waals surface area contributed by atoms with Crippen molar-refractivity contribution in [3.63, 3.8) is 0 Å². The highest BCUT2D eigenvalue weighted by molar-refractivity contribution is 9.09. The van der Waals surface area contributed by atoms with Gasteiger partial charge in [0.15, 0.2) is 0 Å². The molecule has 1 aromatic carbocycles. The third-order valence-electron chi connectivity index (χ3n) is 2.86. The first kappa shape index (κ1) is 14.0. The number of hydrogen-bond donors (Lipinski definition) is 0. The summed E-state index contributed by atoms with van der Waals surface area (Å²) in [6.07, 6.45) is -0.0516. The van der Waals surface area contributed by atoms with E-state index < -0.39 is 10.0 Å². The average molecular weight is 334 g/mol. The molecule has 0 N–H and O–H groups in total. The van der Waals surface area contributed by atoms with Crippen LogP contribution in [0.15, 0.2) is 30.3 Å².